The Labute approximate surface area is 105 Å². The fourth-order valence-corrected chi connectivity index (χ4v) is 2.26. The topological polar surface area (TPSA) is 40.5 Å². The molecular weight excluding hydrogens is 214 g/mol. The molecule has 1 aliphatic carbocycles. The number of hydrogen-bond acceptors (Lipinski definition) is 2. The molecule has 3 nitrogen and oxygen atoms in total. The third-order valence-electron chi connectivity index (χ3n) is 3.97. The van der Waals surface area contributed by atoms with Crippen LogP contribution in [0.2, 0.25) is 0 Å². The van der Waals surface area contributed by atoms with Crippen molar-refractivity contribution in [2.24, 2.45) is 11.3 Å². The van der Waals surface area contributed by atoms with Crippen molar-refractivity contribution < 1.29 is 9.90 Å². The van der Waals surface area contributed by atoms with Gasteiger partial charge in [-0.25, -0.2) is 0 Å². The number of nitrogens with zero attached hydrogens (tertiary/aromatic N) is 1. The van der Waals surface area contributed by atoms with E-state index in [1.807, 2.05) is 13.8 Å². The van der Waals surface area contributed by atoms with Gasteiger partial charge < -0.3 is 10.0 Å². The Kier molecular flexibility index (Phi) is 5.44. The van der Waals surface area contributed by atoms with E-state index in [2.05, 4.69) is 11.9 Å². The third-order valence-corrected chi connectivity index (χ3v) is 3.97. The van der Waals surface area contributed by atoms with Crippen LogP contribution in [0.3, 0.4) is 0 Å². The van der Waals surface area contributed by atoms with Gasteiger partial charge in [0.25, 0.3) is 0 Å². The summed E-state index contributed by atoms with van der Waals surface area (Å²) in [5, 5.41) is 9.00. The van der Waals surface area contributed by atoms with Crippen LogP contribution in [-0.2, 0) is 4.79 Å². The van der Waals surface area contributed by atoms with Crippen molar-refractivity contribution in [1.29, 1.82) is 0 Å². The quantitative estimate of drug-likeness (QED) is 0.664. The number of carboxylic acids is 1. The van der Waals surface area contributed by atoms with E-state index in [0.29, 0.717) is 0 Å². The Bertz CT molecular complexity index is 247. The molecule has 0 aliphatic heterocycles. The van der Waals surface area contributed by atoms with Crippen LogP contribution >= 0.6 is 0 Å². The first-order chi connectivity index (χ1) is 7.92. The largest absolute Gasteiger partial charge is 0.481 e. The van der Waals surface area contributed by atoms with Crippen molar-refractivity contribution in [3.05, 3.63) is 0 Å². The average molecular weight is 241 g/mol. The summed E-state index contributed by atoms with van der Waals surface area (Å²) in [4.78, 5) is 13.3. The van der Waals surface area contributed by atoms with Gasteiger partial charge in [-0.2, -0.15) is 0 Å². The molecule has 3 heteroatoms. The average Bonchev–Trinajstić information content (AvgIpc) is 2.18. The van der Waals surface area contributed by atoms with Gasteiger partial charge in [0.05, 0.1) is 5.41 Å². The molecule has 1 fully saturated rings. The van der Waals surface area contributed by atoms with Crippen LogP contribution in [0.1, 0.15) is 52.4 Å². The lowest BCUT2D eigenvalue weighted by Gasteiger charge is -2.30. The van der Waals surface area contributed by atoms with Crippen LogP contribution in [0.15, 0.2) is 0 Å². The second-order valence-electron chi connectivity index (χ2n) is 6.21. The summed E-state index contributed by atoms with van der Waals surface area (Å²) in [6.45, 7) is 5.95. The molecule has 0 bridgehead atoms. The van der Waals surface area contributed by atoms with Crippen molar-refractivity contribution in [3.63, 3.8) is 0 Å². The normalized spacial score (nSPS) is 17.2. The minimum atomic E-state index is -0.680. The van der Waals surface area contributed by atoms with Crippen LogP contribution in [0.5, 0.6) is 0 Å². The summed E-state index contributed by atoms with van der Waals surface area (Å²) >= 11 is 0. The van der Waals surface area contributed by atoms with Crippen molar-refractivity contribution >= 4 is 5.97 Å². The molecule has 17 heavy (non-hydrogen) atoms. The molecule has 0 unspecified atom stereocenters. The minimum Gasteiger partial charge on any atom is -0.481 e. The van der Waals surface area contributed by atoms with E-state index in [9.17, 15) is 4.79 Å². The predicted molar refractivity (Wildman–Crippen MR) is 70.1 cm³/mol. The lowest BCUT2D eigenvalue weighted by Crippen LogP contribution is -2.30. The van der Waals surface area contributed by atoms with Crippen LogP contribution in [-0.4, -0.2) is 36.1 Å². The maximum Gasteiger partial charge on any atom is 0.309 e. The summed E-state index contributed by atoms with van der Waals surface area (Å²) in [5.74, 6) is 0.246. The van der Waals surface area contributed by atoms with Gasteiger partial charge in [0.15, 0.2) is 0 Å². The Morgan fingerprint density at radius 1 is 1.35 bits per heavy atom. The summed E-state index contributed by atoms with van der Waals surface area (Å²) < 4.78 is 0. The maximum atomic E-state index is 10.9. The number of rotatable bonds is 8. The second kappa shape index (κ2) is 6.39. The molecule has 1 rings (SSSR count). The van der Waals surface area contributed by atoms with E-state index in [-0.39, 0.29) is 0 Å². The summed E-state index contributed by atoms with van der Waals surface area (Å²) in [6.07, 6.45) is 7.10. The van der Waals surface area contributed by atoms with Gasteiger partial charge in [0.1, 0.15) is 0 Å². The molecule has 1 saturated carbocycles. The van der Waals surface area contributed by atoms with E-state index in [0.717, 1.165) is 31.7 Å². The number of hydrogen-bond donors (Lipinski definition) is 1. The molecule has 0 saturated heterocycles. The van der Waals surface area contributed by atoms with Crippen molar-refractivity contribution in [2.75, 3.05) is 20.1 Å². The van der Waals surface area contributed by atoms with Gasteiger partial charge in [-0.15, -0.1) is 0 Å². The molecule has 0 aromatic heterocycles. The summed E-state index contributed by atoms with van der Waals surface area (Å²) in [5.41, 5.74) is -0.563. The lowest BCUT2D eigenvalue weighted by atomic mass is 9.85. The van der Waals surface area contributed by atoms with E-state index >= 15 is 0 Å². The van der Waals surface area contributed by atoms with Crippen LogP contribution in [0.25, 0.3) is 0 Å². The van der Waals surface area contributed by atoms with Gasteiger partial charge in [-0.1, -0.05) is 12.8 Å². The van der Waals surface area contributed by atoms with Gasteiger partial charge in [-0.3, -0.25) is 4.79 Å². The highest BCUT2D eigenvalue weighted by Crippen LogP contribution is 2.27. The maximum absolute atomic E-state index is 10.9. The smallest absolute Gasteiger partial charge is 0.309 e. The monoisotopic (exact) mass is 241 g/mol. The standard InChI is InChI=1S/C14H27NO2/c1-14(2,13(16)17)9-4-5-10-15(3)11-12-7-6-8-12/h12H,4-11H2,1-3H3,(H,16,17). The summed E-state index contributed by atoms with van der Waals surface area (Å²) in [6, 6.07) is 0. The van der Waals surface area contributed by atoms with Crippen LogP contribution in [0.4, 0.5) is 0 Å². The van der Waals surface area contributed by atoms with Crippen molar-refractivity contribution in [1.82, 2.24) is 4.90 Å². The third kappa shape index (κ3) is 5.07. The molecule has 100 valence electrons. The zero-order valence-corrected chi connectivity index (χ0v) is 11.5. The highest BCUT2D eigenvalue weighted by atomic mass is 16.4. The molecule has 0 heterocycles. The molecule has 0 spiro atoms. The number of carbonyl (C=O) groups is 1. The molecule has 0 radical (unpaired) electrons. The second-order valence-corrected chi connectivity index (χ2v) is 6.21. The molecule has 0 aromatic rings. The van der Waals surface area contributed by atoms with Gasteiger partial charge in [0, 0.05) is 6.54 Å². The first-order valence-corrected chi connectivity index (χ1v) is 6.84. The highest BCUT2D eigenvalue weighted by Gasteiger charge is 2.26. The van der Waals surface area contributed by atoms with Crippen LogP contribution < -0.4 is 0 Å². The van der Waals surface area contributed by atoms with E-state index < -0.39 is 11.4 Å². The molecule has 1 aliphatic rings. The molecular formula is C14H27NO2. The molecule has 0 amide bonds. The number of unbranched alkanes of at least 4 members (excludes halogenated alkanes) is 1. The summed E-state index contributed by atoms with van der Waals surface area (Å²) in [7, 11) is 2.18. The molecule has 0 aromatic carbocycles. The van der Waals surface area contributed by atoms with Gasteiger partial charge in [-0.05, 0) is 59.0 Å². The number of aliphatic carboxylic acids is 1. The Hall–Kier alpha value is -0.570. The van der Waals surface area contributed by atoms with Crippen molar-refractivity contribution in [3.8, 4) is 0 Å². The van der Waals surface area contributed by atoms with Crippen LogP contribution in [0, 0.1) is 11.3 Å². The first kappa shape index (κ1) is 14.5. The SMILES string of the molecule is CN(CCCCC(C)(C)C(=O)O)CC1CCC1. The Morgan fingerprint density at radius 3 is 2.47 bits per heavy atom. The fourth-order valence-electron chi connectivity index (χ4n) is 2.26. The van der Waals surface area contributed by atoms with E-state index in [1.165, 1.54) is 25.8 Å². The predicted octanol–water partition coefficient (Wildman–Crippen LogP) is 3.00. The first-order valence-electron chi connectivity index (χ1n) is 6.84. The van der Waals surface area contributed by atoms with Gasteiger partial charge >= 0.3 is 5.97 Å². The highest BCUT2D eigenvalue weighted by molar-refractivity contribution is 5.73. The fraction of sp³-hybridized carbons (Fsp3) is 0.929. The zero-order chi connectivity index (χ0) is 12.9. The van der Waals surface area contributed by atoms with Gasteiger partial charge in [0.2, 0.25) is 0 Å². The van der Waals surface area contributed by atoms with E-state index in [1.54, 1.807) is 0 Å². The zero-order valence-electron chi connectivity index (χ0n) is 11.5. The minimum absolute atomic E-state index is 0.563. The lowest BCUT2D eigenvalue weighted by molar-refractivity contribution is -0.147. The number of carboxylic acid groups (broad SMARTS) is 1. The molecule has 1 N–H and O–H groups in total. The molecule has 0 atom stereocenters. The van der Waals surface area contributed by atoms with E-state index in [4.69, 9.17) is 5.11 Å². The van der Waals surface area contributed by atoms with Crippen molar-refractivity contribution in [2.45, 2.75) is 52.4 Å². The Balaban J connectivity index is 2.04. The Morgan fingerprint density at radius 2 is 2.00 bits per heavy atom.